The van der Waals surface area contributed by atoms with Crippen LogP contribution in [-0.4, -0.2) is 45.4 Å². The second kappa shape index (κ2) is 5.76. The van der Waals surface area contributed by atoms with Gasteiger partial charge in [-0.15, -0.1) is 0 Å². The summed E-state index contributed by atoms with van der Waals surface area (Å²) in [5.41, 5.74) is 4.34. The first-order valence-electron chi connectivity index (χ1n) is 7.94. The Morgan fingerprint density at radius 3 is 2.88 bits per heavy atom. The van der Waals surface area contributed by atoms with Crippen molar-refractivity contribution in [3.8, 4) is 5.75 Å². The molecule has 0 saturated carbocycles. The molecule has 4 rings (SSSR count). The average Bonchev–Trinajstić information content (AvgIpc) is 2.95. The molecule has 7 nitrogen and oxygen atoms in total. The van der Waals surface area contributed by atoms with Crippen LogP contribution in [0, 0.1) is 0 Å². The topological polar surface area (TPSA) is 68.1 Å². The van der Waals surface area contributed by atoms with Gasteiger partial charge in [-0.2, -0.15) is 10.1 Å². The van der Waals surface area contributed by atoms with Gasteiger partial charge in [0, 0.05) is 26.3 Å². The molecular weight excluding hydrogens is 304 g/mol. The van der Waals surface area contributed by atoms with Gasteiger partial charge in [-0.25, -0.2) is 4.98 Å². The Bertz CT molecular complexity index is 903. The van der Waals surface area contributed by atoms with Crippen molar-refractivity contribution in [2.45, 2.75) is 13.0 Å². The minimum atomic E-state index is 0.536. The molecule has 2 aromatic heterocycles. The maximum atomic E-state index is 5.56. The minimum absolute atomic E-state index is 0.536. The summed E-state index contributed by atoms with van der Waals surface area (Å²) in [5.74, 6) is 1.35. The first kappa shape index (κ1) is 14.9. The van der Waals surface area contributed by atoms with E-state index in [1.165, 1.54) is 11.1 Å². The Balaban J connectivity index is 1.71. The third kappa shape index (κ3) is 2.56. The Morgan fingerprint density at radius 1 is 1.17 bits per heavy atom. The normalized spacial score (nSPS) is 14.6. The predicted octanol–water partition coefficient (Wildman–Crippen LogP) is 2.10. The molecule has 124 valence electrons. The van der Waals surface area contributed by atoms with Crippen molar-refractivity contribution in [2.75, 3.05) is 26.0 Å². The van der Waals surface area contributed by atoms with Gasteiger partial charge in [0.25, 0.3) is 0 Å². The van der Waals surface area contributed by atoms with Gasteiger partial charge in [-0.3, -0.25) is 4.68 Å². The van der Waals surface area contributed by atoms with Crippen molar-refractivity contribution in [1.29, 1.82) is 0 Å². The number of ether oxygens (including phenoxy) is 1. The molecule has 3 aromatic rings. The quantitative estimate of drug-likeness (QED) is 0.796. The highest BCUT2D eigenvalue weighted by Crippen LogP contribution is 2.32. The number of hydrogen-bond donors (Lipinski definition) is 1. The largest absolute Gasteiger partial charge is 0.495 e. The molecule has 0 bridgehead atoms. The van der Waals surface area contributed by atoms with Crippen LogP contribution in [0.25, 0.3) is 11.0 Å². The number of likely N-dealkylation sites (N-methyl/N-ethyl adjacent to an activating group) is 1. The summed E-state index contributed by atoms with van der Waals surface area (Å²) in [4.78, 5) is 11.2. The van der Waals surface area contributed by atoms with Gasteiger partial charge in [0.2, 0.25) is 5.95 Å². The van der Waals surface area contributed by atoms with Crippen molar-refractivity contribution in [3.05, 3.63) is 35.7 Å². The SMILES string of the molecule is COc1cc2c(cc1Nc1ncc3cnn(C)c3n1)CN(C)CC2. The van der Waals surface area contributed by atoms with Gasteiger partial charge in [0.05, 0.1) is 24.4 Å². The fourth-order valence-electron chi connectivity index (χ4n) is 3.11. The van der Waals surface area contributed by atoms with Crippen LogP contribution in [0.15, 0.2) is 24.5 Å². The van der Waals surface area contributed by atoms with Gasteiger partial charge in [0.15, 0.2) is 5.65 Å². The molecule has 0 radical (unpaired) electrons. The number of rotatable bonds is 3. The summed E-state index contributed by atoms with van der Waals surface area (Å²) in [6.45, 7) is 2.01. The average molecular weight is 324 g/mol. The van der Waals surface area contributed by atoms with E-state index in [1.807, 2.05) is 7.05 Å². The van der Waals surface area contributed by atoms with Crippen LogP contribution in [-0.2, 0) is 20.0 Å². The molecule has 0 fully saturated rings. The molecule has 1 aliphatic rings. The second-order valence-electron chi connectivity index (χ2n) is 6.17. The number of fused-ring (bicyclic) bond motifs is 2. The third-order valence-corrected chi connectivity index (χ3v) is 4.44. The molecule has 0 unspecified atom stereocenters. The molecular formula is C17H20N6O. The number of benzene rings is 1. The van der Waals surface area contributed by atoms with Crippen LogP contribution in [0.4, 0.5) is 11.6 Å². The highest BCUT2D eigenvalue weighted by atomic mass is 16.5. The Hall–Kier alpha value is -2.67. The fourth-order valence-corrected chi connectivity index (χ4v) is 3.11. The van der Waals surface area contributed by atoms with Crippen molar-refractivity contribution in [1.82, 2.24) is 24.6 Å². The molecule has 1 aliphatic heterocycles. The lowest BCUT2D eigenvalue weighted by Gasteiger charge is -2.26. The zero-order chi connectivity index (χ0) is 16.7. The monoisotopic (exact) mass is 324 g/mol. The van der Waals surface area contributed by atoms with E-state index in [0.717, 1.165) is 42.0 Å². The van der Waals surface area contributed by atoms with Crippen molar-refractivity contribution in [3.63, 3.8) is 0 Å². The number of aryl methyl sites for hydroxylation is 1. The minimum Gasteiger partial charge on any atom is -0.495 e. The molecule has 0 aliphatic carbocycles. The van der Waals surface area contributed by atoms with Gasteiger partial charge in [0.1, 0.15) is 5.75 Å². The van der Waals surface area contributed by atoms with Crippen LogP contribution in [0.5, 0.6) is 5.75 Å². The smallest absolute Gasteiger partial charge is 0.229 e. The van der Waals surface area contributed by atoms with Crippen LogP contribution in [0.3, 0.4) is 0 Å². The third-order valence-electron chi connectivity index (χ3n) is 4.44. The van der Waals surface area contributed by atoms with Crippen LogP contribution < -0.4 is 10.1 Å². The summed E-state index contributed by atoms with van der Waals surface area (Å²) in [5, 5.41) is 8.41. The lowest BCUT2D eigenvalue weighted by Crippen LogP contribution is -2.26. The standard InChI is InChI=1S/C17H20N6O/c1-22-5-4-11-7-15(24-3)14(6-12(11)10-22)20-17-18-8-13-9-19-23(2)16(13)21-17/h6-9H,4-5,10H2,1-3H3,(H,18,20,21). The van der Waals surface area contributed by atoms with Gasteiger partial charge in [-0.1, -0.05) is 0 Å². The number of anilines is 2. The van der Waals surface area contributed by atoms with E-state index in [0.29, 0.717) is 5.95 Å². The van der Waals surface area contributed by atoms with Crippen LogP contribution >= 0.6 is 0 Å². The zero-order valence-electron chi connectivity index (χ0n) is 14.1. The number of nitrogens with zero attached hydrogens (tertiary/aromatic N) is 5. The highest BCUT2D eigenvalue weighted by Gasteiger charge is 2.17. The molecule has 7 heteroatoms. The van der Waals surface area contributed by atoms with Gasteiger partial charge in [-0.05, 0) is 36.7 Å². The van der Waals surface area contributed by atoms with E-state index in [4.69, 9.17) is 4.74 Å². The highest BCUT2D eigenvalue weighted by molar-refractivity contribution is 5.75. The number of methoxy groups -OCH3 is 1. The maximum Gasteiger partial charge on any atom is 0.229 e. The Morgan fingerprint density at radius 2 is 2.04 bits per heavy atom. The van der Waals surface area contributed by atoms with Crippen molar-refractivity contribution in [2.24, 2.45) is 7.05 Å². The van der Waals surface area contributed by atoms with E-state index in [-0.39, 0.29) is 0 Å². The molecule has 0 atom stereocenters. The van der Waals surface area contributed by atoms with E-state index in [2.05, 4.69) is 44.5 Å². The first-order chi connectivity index (χ1) is 11.6. The summed E-state index contributed by atoms with van der Waals surface area (Å²) in [6.07, 6.45) is 4.57. The molecule has 1 N–H and O–H groups in total. The summed E-state index contributed by atoms with van der Waals surface area (Å²) >= 11 is 0. The summed E-state index contributed by atoms with van der Waals surface area (Å²) in [7, 11) is 5.70. The van der Waals surface area contributed by atoms with E-state index in [9.17, 15) is 0 Å². The first-order valence-corrected chi connectivity index (χ1v) is 7.94. The van der Waals surface area contributed by atoms with Crippen LogP contribution in [0.2, 0.25) is 0 Å². The molecule has 3 heterocycles. The maximum absolute atomic E-state index is 5.56. The Labute approximate surface area is 140 Å². The number of hydrogen-bond acceptors (Lipinski definition) is 6. The lowest BCUT2D eigenvalue weighted by molar-refractivity contribution is 0.312. The molecule has 1 aromatic carbocycles. The molecule has 24 heavy (non-hydrogen) atoms. The second-order valence-corrected chi connectivity index (χ2v) is 6.17. The van der Waals surface area contributed by atoms with E-state index >= 15 is 0 Å². The van der Waals surface area contributed by atoms with Gasteiger partial charge < -0.3 is 15.0 Å². The zero-order valence-corrected chi connectivity index (χ0v) is 14.1. The van der Waals surface area contributed by atoms with Crippen LogP contribution in [0.1, 0.15) is 11.1 Å². The fraction of sp³-hybridized carbons (Fsp3) is 0.353. The predicted molar refractivity (Wildman–Crippen MR) is 92.6 cm³/mol. The van der Waals surface area contributed by atoms with E-state index < -0.39 is 0 Å². The van der Waals surface area contributed by atoms with Gasteiger partial charge >= 0.3 is 0 Å². The molecule has 0 spiro atoms. The van der Waals surface area contributed by atoms with Crippen molar-refractivity contribution >= 4 is 22.7 Å². The Kier molecular flexibility index (Phi) is 3.57. The summed E-state index contributed by atoms with van der Waals surface area (Å²) in [6, 6.07) is 4.26. The number of aromatic nitrogens is 4. The summed E-state index contributed by atoms with van der Waals surface area (Å²) < 4.78 is 7.29. The van der Waals surface area contributed by atoms with Crippen molar-refractivity contribution < 1.29 is 4.74 Å². The molecule has 0 saturated heterocycles. The van der Waals surface area contributed by atoms with E-state index in [1.54, 1.807) is 24.2 Å². The lowest BCUT2D eigenvalue weighted by atomic mass is 9.99. The number of nitrogens with one attached hydrogen (secondary N) is 1. The molecule has 0 amide bonds.